The first-order chi connectivity index (χ1) is 17.3. The van der Waals surface area contributed by atoms with Crippen molar-refractivity contribution in [1.29, 1.82) is 5.26 Å². The number of nitriles is 1. The molecule has 1 aliphatic rings. The number of hydrogen-bond donors (Lipinski definition) is 2. The molecule has 1 saturated heterocycles. The topological polar surface area (TPSA) is 67.5 Å². The second-order valence-corrected chi connectivity index (χ2v) is 10.6. The van der Waals surface area contributed by atoms with Crippen LogP contribution in [-0.4, -0.2) is 34.7 Å². The lowest BCUT2D eigenvalue weighted by Gasteiger charge is -2.42. The van der Waals surface area contributed by atoms with Crippen molar-refractivity contribution in [2.24, 2.45) is 5.92 Å². The average Bonchev–Trinajstić information content (AvgIpc) is 2.94. The van der Waals surface area contributed by atoms with Gasteiger partial charge in [0.2, 0.25) is 0 Å². The molecular weight excluding hydrogens is 444 g/mol. The van der Waals surface area contributed by atoms with Crippen molar-refractivity contribution in [3.8, 4) is 6.07 Å². The van der Waals surface area contributed by atoms with Crippen LogP contribution in [0.15, 0.2) is 84.9 Å². The first-order valence-corrected chi connectivity index (χ1v) is 13.1. The van der Waals surface area contributed by atoms with E-state index < -0.39 is 17.1 Å². The molecule has 2 N–H and O–H groups in total. The first kappa shape index (κ1) is 26.1. The molecule has 1 fully saturated rings. The minimum atomic E-state index is -0.989. The van der Waals surface area contributed by atoms with Crippen molar-refractivity contribution in [2.45, 2.75) is 56.7 Å². The molecule has 36 heavy (non-hydrogen) atoms. The molecule has 1 heterocycles. The molecule has 1 atom stereocenters. The van der Waals surface area contributed by atoms with Crippen LogP contribution in [0.5, 0.6) is 0 Å². The van der Waals surface area contributed by atoms with E-state index in [0.29, 0.717) is 6.42 Å². The third-order valence-electron chi connectivity index (χ3n) is 7.85. The van der Waals surface area contributed by atoms with Crippen LogP contribution in [-0.2, 0) is 11.0 Å². The fraction of sp³-hybridized carbons (Fsp3) is 0.406. The Morgan fingerprint density at radius 3 is 1.89 bits per heavy atom. The number of aliphatic hydroxyl groups is 2. The summed E-state index contributed by atoms with van der Waals surface area (Å²) in [5.41, 5.74) is 2.28. The number of nitrogens with zero attached hydrogens (tertiary/aromatic N) is 2. The van der Waals surface area contributed by atoms with E-state index in [4.69, 9.17) is 0 Å². The Morgan fingerprint density at radius 2 is 1.39 bits per heavy atom. The summed E-state index contributed by atoms with van der Waals surface area (Å²) in [6.07, 6.45) is 2.98. The van der Waals surface area contributed by atoms with E-state index in [1.54, 1.807) is 0 Å². The molecule has 3 aromatic rings. The highest BCUT2D eigenvalue weighted by atomic mass is 16.3. The number of rotatable bonds is 9. The van der Waals surface area contributed by atoms with E-state index in [1.807, 2.05) is 98.8 Å². The quantitative estimate of drug-likeness (QED) is 0.395. The Labute approximate surface area is 215 Å². The van der Waals surface area contributed by atoms with Gasteiger partial charge in [-0.2, -0.15) is 5.26 Å². The molecule has 4 nitrogen and oxygen atoms in total. The molecule has 0 amide bonds. The molecule has 188 valence electrons. The second-order valence-electron chi connectivity index (χ2n) is 10.6. The number of hydrogen-bond acceptors (Lipinski definition) is 4. The third-order valence-corrected chi connectivity index (χ3v) is 7.85. The summed E-state index contributed by atoms with van der Waals surface area (Å²) in [6.45, 7) is 6.64. The summed E-state index contributed by atoms with van der Waals surface area (Å²) in [6, 6.07) is 30.3. The highest BCUT2D eigenvalue weighted by Crippen LogP contribution is 2.42. The van der Waals surface area contributed by atoms with Gasteiger partial charge >= 0.3 is 0 Å². The first-order valence-electron chi connectivity index (χ1n) is 13.1. The van der Waals surface area contributed by atoms with Gasteiger partial charge in [0.1, 0.15) is 5.60 Å². The minimum Gasteiger partial charge on any atom is -0.388 e. The molecule has 0 unspecified atom stereocenters. The Morgan fingerprint density at radius 1 is 0.861 bits per heavy atom. The maximum Gasteiger partial charge on any atom is 0.117 e. The van der Waals surface area contributed by atoms with Gasteiger partial charge in [-0.05, 0) is 87.3 Å². The van der Waals surface area contributed by atoms with Gasteiger partial charge in [0.05, 0.1) is 17.6 Å². The summed E-state index contributed by atoms with van der Waals surface area (Å²) in [5.74, 6) is 0.153. The Balaban J connectivity index is 1.31. The Hall–Kier alpha value is -2.97. The van der Waals surface area contributed by atoms with Crippen LogP contribution in [0.4, 0.5) is 0 Å². The lowest BCUT2D eigenvalue weighted by atomic mass is 9.72. The van der Waals surface area contributed by atoms with Crippen molar-refractivity contribution in [1.82, 2.24) is 4.90 Å². The highest BCUT2D eigenvalue weighted by Gasteiger charge is 2.41. The average molecular weight is 483 g/mol. The number of benzene rings is 3. The predicted octanol–water partition coefficient (Wildman–Crippen LogP) is 5.95. The summed E-state index contributed by atoms with van der Waals surface area (Å²) >= 11 is 0. The van der Waals surface area contributed by atoms with Crippen LogP contribution in [0.3, 0.4) is 0 Å². The van der Waals surface area contributed by atoms with Crippen LogP contribution in [0.2, 0.25) is 0 Å². The lowest BCUT2D eigenvalue weighted by Crippen LogP contribution is -2.44. The Kier molecular flexibility index (Phi) is 8.26. The standard InChI is InChI=1S/C32H38N2O2/c1-31(2,24-33)26-17-15-25(16-18-26)30(35)14-9-21-34-22-19-29(20-23-34)32(36,27-10-5-3-6-11-27)28-12-7-4-8-13-28/h3-8,10-13,15-18,29-30,35-36H,9,14,19-23H2,1-2H3/t30-/m0/s1. The van der Waals surface area contributed by atoms with E-state index in [1.165, 1.54) is 0 Å². The van der Waals surface area contributed by atoms with Crippen LogP contribution < -0.4 is 0 Å². The number of aliphatic hydroxyl groups excluding tert-OH is 1. The maximum absolute atomic E-state index is 12.1. The van der Waals surface area contributed by atoms with E-state index in [-0.39, 0.29) is 5.92 Å². The van der Waals surface area contributed by atoms with Gasteiger partial charge in [-0.3, -0.25) is 0 Å². The zero-order chi connectivity index (χ0) is 25.6. The van der Waals surface area contributed by atoms with Gasteiger partial charge < -0.3 is 15.1 Å². The van der Waals surface area contributed by atoms with Crippen LogP contribution in [0.1, 0.15) is 67.9 Å². The molecule has 0 aliphatic carbocycles. The molecule has 1 aliphatic heterocycles. The van der Waals surface area contributed by atoms with Crippen LogP contribution in [0, 0.1) is 17.2 Å². The van der Waals surface area contributed by atoms with Crippen LogP contribution in [0.25, 0.3) is 0 Å². The molecule has 0 radical (unpaired) electrons. The fourth-order valence-corrected chi connectivity index (χ4v) is 5.46. The summed E-state index contributed by atoms with van der Waals surface area (Å²) in [5, 5.41) is 32.1. The molecular formula is C32H38N2O2. The van der Waals surface area contributed by atoms with E-state index >= 15 is 0 Å². The zero-order valence-corrected chi connectivity index (χ0v) is 21.5. The predicted molar refractivity (Wildman–Crippen MR) is 144 cm³/mol. The van der Waals surface area contributed by atoms with Gasteiger partial charge in [0, 0.05) is 0 Å². The van der Waals surface area contributed by atoms with Crippen molar-refractivity contribution < 1.29 is 10.2 Å². The van der Waals surface area contributed by atoms with E-state index in [2.05, 4.69) is 11.0 Å². The third kappa shape index (κ3) is 5.71. The second kappa shape index (κ2) is 11.4. The van der Waals surface area contributed by atoms with Gasteiger partial charge in [-0.25, -0.2) is 0 Å². The van der Waals surface area contributed by atoms with Gasteiger partial charge in [0.25, 0.3) is 0 Å². The van der Waals surface area contributed by atoms with Gasteiger partial charge in [0.15, 0.2) is 0 Å². The van der Waals surface area contributed by atoms with Gasteiger partial charge in [-0.15, -0.1) is 0 Å². The largest absolute Gasteiger partial charge is 0.388 e. The van der Waals surface area contributed by atoms with Crippen molar-refractivity contribution in [2.75, 3.05) is 19.6 Å². The van der Waals surface area contributed by atoms with Crippen molar-refractivity contribution in [3.63, 3.8) is 0 Å². The zero-order valence-electron chi connectivity index (χ0n) is 21.5. The van der Waals surface area contributed by atoms with Gasteiger partial charge in [-0.1, -0.05) is 84.9 Å². The Bertz CT molecular complexity index is 1090. The molecule has 4 heteroatoms. The normalized spacial score (nSPS) is 16.4. The molecule has 0 saturated carbocycles. The van der Waals surface area contributed by atoms with E-state index in [9.17, 15) is 15.5 Å². The van der Waals surface area contributed by atoms with E-state index in [0.717, 1.165) is 61.2 Å². The maximum atomic E-state index is 12.1. The highest BCUT2D eigenvalue weighted by molar-refractivity contribution is 5.37. The summed E-state index contributed by atoms with van der Waals surface area (Å²) in [7, 11) is 0. The smallest absolute Gasteiger partial charge is 0.117 e. The lowest BCUT2D eigenvalue weighted by molar-refractivity contribution is -0.0146. The molecule has 0 spiro atoms. The minimum absolute atomic E-state index is 0.153. The molecule has 4 rings (SSSR count). The monoisotopic (exact) mass is 482 g/mol. The number of likely N-dealkylation sites (tertiary alicyclic amines) is 1. The van der Waals surface area contributed by atoms with Crippen LogP contribution >= 0.6 is 0 Å². The molecule has 3 aromatic carbocycles. The molecule has 0 bridgehead atoms. The van der Waals surface area contributed by atoms with Crippen molar-refractivity contribution in [3.05, 3.63) is 107 Å². The fourth-order valence-electron chi connectivity index (χ4n) is 5.46. The number of piperidine rings is 1. The summed E-state index contributed by atoms with van der Waals surface area (Å²) in [4.78, 5) is 2.46. The SMILES string of the molecule is CC(C)(C#N)c1ccc([C@@H](O)CCCN2CCC(C(O)(c3ccccc3)c3ccccc3)CC2)cc1. The van der Waals surface area contributed by atoms with Crippen molar-refractivity contribution >= 4 is 0 Å². The molecule has 0 aromatic heterocycles. The summed E-state index contributed by atoms with van der Waals surface area (Å²) < 4.78 is 0.